The zero-order chi connectivity index (χ0) is 13.1. The Hall–Kier alpha value is -1.81. The molecule has 0 radical (unpaired) electrons. The normalized spacial score (nSPS) is 10.7. The number of anilines is 2. The van der Waals surface area contributed by atoms with E-state index in [1.807, 2.05) is 29.8 Å². The molecule has 4 nitrogen and oxygen atoms in total. The predicted octanol–water partition coefficient (Wildman–Crippen LogP) is 2.23. The van der Waals surface area contributed by atoms with Crippen LogP contribution in [0, 0.1) is 13.8 Å². The van der Waals surface area contributed by atoms with Gasteiger partial charge in [-0.25, -0.2) is 0 Å². The fourth-order valence-corrected chi connectivity index (χ4v) is 2.29. The highest BCUT2D eigenvalue weighted by Crippen LogP contribution is 2.29. The van der Waals surface area contributed by atoms with Crippen LogP contribution in [-0.4, -0.2) is 23.4 Å². The van der Waals surface area contributed by atoms with E-state index in [0.717, 1.165) is 29.3 Å². The van der Waals surface area contributed by atoms with Gasteiger partial charge in [0.15, 0.2) is 0 Å². The standard InChI is InChI=1S/C14H20N4/c1-11-14(12(2)18(16-11)10-9-15)17(3)13-7-5-4-6-8-13/h4-8H,9-10,15H2,1-3H3. The molecule has 0 aliphatic rings. The van der Waals surface area contributed by atoms with Gasteiger partial charge in [0.2, 0.25) is 0 Å². The Labute approximate surface area is 108 Å². The molecule has 96 valence electrons. The number of hydrogen-bond donors (Lipinski definition) is 1. The van der Waals surface area contributed by atoms with Gasteiger partial charge in [0, 0.05) is 19.3 Å². The second-order valence-corrected chi connectivity index (χ2v) is 4.43. The molecular formula is C14H20N4. The van der Waals surface area contributed by atoms with Crippen LogP contribution in [0.2, 0.25) is 0 Å². The van der Waals surface area contributed by atoms with E-state index < -0.39 is 0 Å². The van der Waals surface area contributed by atoms with Gasteiger partial charge in [-0.15, -0.1) is 0 Å². The maximum atomic E-state index is 5.60. The Kier molecular flexibility index (Phi) is 3.67. The Balaban J connectivity index is 2.39. The van der Waals surface area contributed by atoms with E-state index in [0.29, 0.717) is 6.54 Å². The SMILES string of the molecule is Cc1nn(CCN)c(C)c1N(C)c1ccccc1. The first-order valence-electron chi connectivity index (χ1n) is 6.18. The third-order valence-electron chi connectivity index (χ3n) is 3.16. The number of hydrogen-bond acceptors (Lipinski definition) is 3. The maximum absolute atomic E-state index is 5.60. The highest BCUT2D eigenvalue weighted by Gasteiger charge is 2.15. The monoisotopic (exact) mass is 244 g/mol. The van der Waals surface area contributed by atoms with Crippen molar-refractivity contribution in [2.45, 2.75) is 20.4 Å². The van der Waals surface area contributed by atoms with Crippen molar-refractivity contribution < 1.29 is 0 Å². The van der Waals surface area contributed by atoms with Gasteiger partial charge in [-0.2, -0.15) is 5.10 Å². The minimum atomic E-state index is 0.608. The molecule has 0 fully saturated rings. The minimum Gasteiger partial charge on any atom is -0.342 e. The molecule has 1 aromatic heterocycles. The van der Waals surface area contributed by atoms with Gasteiger partial charge in [-0.3, -0.25) is 4.68 Å². The first-order chi connectivity index (χ1) is 8.65. The van der Waals surface area contributed by atoms with Crippen molar-refractivity contribution in [2.24, 2.45) is 5.73 Å². The number of para-hydroxylation sites is 1. The average molecular weight is 244 g/mol. The summed E-state index contributed by atoms with van der Waals surface area (Å²) in [5.74, 6) is 0. The third kappa shape index (κ3) is 2.24. The lowest BCUT2D eigenvalue weighted by Crippen LogP contribution is -2.14. The van der Waals surface area contributed by atoms with E-state index in [1.54, 1.807) is 0 Å². The molecule has 18 heavy (non-hydrogen) atoms. The lowest BCUT2D eigenvalue weighted by Gasteiger charge is -2.19. The molecule has 0 saturated carbocycles. The summed E-state index contributed by atoms with van der Waals surface area (Å²) in [5.41, 5.74) is 10.1. The van der Waals surface area contributed by atoms with Crippen LogP contribution in [0.15, 0.2) is 30.3 Å². The van der Waals surface area contributed by atoms with E-state index >= 15 is 0 Å². The van der Waals surface area contributed by atoms with Crippen LogP contribution in [0.25, 0.3) is 0 Å². The van der Waals surface area contributed by atoms with E-state index in [4.69, 9.17) is 5.73 Å². The van der Waals surface area contributed by atoms with Crippen LogP contribution in [0.1, 0.15) is 11.4 Å². The molecule has 0 aliphatic heterocycles. The molecular weight excluding hydrogens is 224 g/mol. The molecule has 2 aromatic rings. The van der Waals surface area contributed by atoms with Gasteiger partial charge in [0.05, 0.1) is 23.6 Å². The topological polar surface area (TPSA) is 47.1 Å². The van der Waals surface area contributed by atoms with Crippen LogP contribution in [0.3, 0.4) is 0 Å². The van der Waals surface area contributed by atoms with Crippen molar-refractivity contribution in [3.05, 3.63) is 41.7 Å². The van der Waals surface area contributed by atoms with Crippen molar-refractivity contribution >= 4 is 11.4 Å². The summed E-state index contributed by atoms with van der Waals surface area (Å²) in [5, 5.41) is 4.54. The Morgan fingerprint density at radius 1 is 1.22 bits per heavy atom. The molecule has 1 aromatic carbocycles. The summed E-state index contributed by atoms with van der Waals surface area (Å²) >= 11 is 0. The van der Waals surface area contributed by atoms with Gasteiger partial charge in [-0.1, -0.05) is 18.2 Å². The number of aryl methyl sites for hydroxylation is 1. The van der Waals surface area contributed by atoms with Crippen LogP contribution in [-0.2, 0) is 6.54 Å². The molecule has 4 heteroatoms. The highest BCUT2D eigenvalue weighted by molar-refractivity contribution is 5.66. The largest absolute Gasteiger partial charge is 0.342 e. The van der Waals surface area contributed by atoms with Crippen LogP contribution in [0.4, 0.5) is 11.4 Å². The summed E-state index contributed by atoms with van der Waals surface area (Å²) in [6.07, 6.45) is 0. The smallest absolute Gasteiger partial charge is 0.0853 e. The van der Waals surface area contributed by atoms with E-state index in [9.17, 15) is 0 Å². The molecule has 1 heterocycles. The van der Waals surface area contributed by atoms with Crippen molar-refractivity contribution in [2.75, 3.05) is 18.5 Å². The molecule has 0 aliphatic carbocycles. The number of rotatable bonds is 4. The zero-order valence-corrected chi connectivity index (χ0v) is 11.2. The van der Waals surface area contributed by atoms with Crippen molar-refractivity contribution in [3.63, 3.8) is 0 Å². The Morgan fingerprint density at radius 3 is 2.50 bits per heavy atom. The quantitative estimate of drug-likeness (QED) is 0.897. The van der Waals surface area contributed by atoms with Gasteiger partial charge in [-0.05, 0) is 26.0 Å². The first-order valence-corrected chi connectivity index (χ1v) is 6.18. The molecule has 0 amide bonds. The summed E-state index contributed by atoms with van der Waals surface area (Å²) < 4.78 is 1.98. The van der Waals surface area contributed by atoms with E-state index in [1.165, 1.54) is 0 Å². The highest BCUT2D eigenvalue weighted by atomic mass is 15.3. The first kappa shape index (κ1) is 12.6. The summed E-state index contributed by atoms with van der Waals surface area (Å²) in [6, 6.07) is 10.3. The fraction of sp³-hybridized carbons (Fsp3) is 0.357. The lowest BCUT2D eigenvalue weighted by molar-refractivity contribution is 0.604. The zero-order valence-electron chi connectivity index (χ0n) is 11.2. The van der Waals surface area contributed by atoms with Gasteiger partial charge in [0.1, 0.15) is 0 Å². The second-order valence-electron chi connectivity index (χ2n) is 4.43. The Bertz CT molecular complexity index is 516. The van der Waals surface area contributed by atoms with Crippen LogP contribution in [0.5, 0.6) is 0 Å². The van der Waals surface area contributed by atoms with Crippen molar-refractivity contribution in [1.29, 1.82) is 0 Å². The van der Waals surface area contributed by atoms with Gasteiger partial charge in [0.25, 0.3) is 0 Å². The maximum Gasteiger partial charge on any atom is 0.0853 e. The number of aromatic nitrogens is 2. The van der Waals surface area contributed by atoms with Crippen LogP contribution < -0.4 is 10.6 Å². The number of nitrogens with zero attached hydrogens (tertiary/aromatic N) is 3. The second kappa shape index (κ2) is 5.23. The fourth-order valence-electron chi connectivity index (χ4n) is 2.29. The van der Waals surface area contributed by atoms with Crippen molar-refractivity contribution in [1.82, 2.24) is 9.78 Å². The number of nitrogens with two attached hydrogens (primary N) is 1. The molecule has 0 bridgehead atoms. The molecule has 0 atom stereocenters. The number of benzene rings is 1. The molecule has 0 saturated heterocycles. The molecule has 2 rings (SSSR count). The molecule has 0 spiro atoms. The minimum absolute atomic E-state index is 0.608. The van der Waals surface area contributed by atoms with Gasteiger partial charge < -0.3 is 10.6 Å². The van der Waals surface area contributed by atoms with Crippen LogP contribution >= 0.6 is 0 Å². The summed E-state index contributed by atoms with van der Waals surface area (Å²) in [6.45, 7) is 5.49. The molecule has 0 unspecified atom stereocenters. The van der Waals surface area contributed by atoms with Gasteiger partial charge >= 0.3 is 0 Å². The average Bonchev–Trinajstić information content (AvgIpc) is 2.65. The summed E-state index contributed by atoms with van der Waals surface area (Å²) in [7, 11) is 2.07. The van der Waals surface area contributed by atoms with Crippen molar-refractivity contribution in [3.8, 4) is 0 Å². The lowest BCUT2D eigenvalue weighted by atomic mass is 10.2. The summed E-state index contributed by atoms with van der Waals surface area (Å²) in [4.78, 5) is 2.17. The van der Waals surface area contributed by atoms with E-state index in [2.05, 4.69) is 36.1 Å². The van der Waals surface area contributed by atoms with E-state index in [-0.39, 0.29) is 0 Å². The molecule has 2 N–H and O–H groups in total. The Morgan fingerprint density at radius 2 is 1.89 bits per heavy atom. The predicted molar refractivity (Wildman–Crippen MR) is 75.3 cm³/mol. The third-order valence-corrected chi connectivity index (χ3v) is 3.16.